The lowest BCUT2D eigenvalue weighted by Crippen LogP contribution is -2.14. The number of hydrogen-bond acceptors (Lipinski definition) is 6. The van der Waals surface area contributed by atoms with E-state index in [9.17, 15) is 19.3 Å². The van der Waals surface area contributed by atoms with Crippen LogP contribution >= 0.6 is 0 Å². The summed E-state index contributed by atoms with van der Waals surface area (Å²) in [5, 5.41) is 17.9. The number of carbonyl (C=O) groups excluding carboxylic acids is 1. The van der Waals surface area contributed by atoms with Crippen LogP contribution in [0.15, 0.2) is 48.8 Å². The number of aryl methyl sites for hydroxylation is 2. The maximum Gasteiger partial charge on any atom is 0.306 e. The van der Waals surface area contributed by atoms with E-state index in [0.29, 0.717) is 22.8 Å². The molecular formula is C23H21FN6O3. The number of rotatable bonds is 6. The van der Waals surface area contributed by atoms with Crippen LogP contribution in [0.1, 0.15) is 24.5 Å². The van der Waals surface area contributed by atoms with Crippen LogP contribution < -0.4 is 10.6 Å². The molecule has 0 aliphatic carbocycles. The third-order valence-corrected chi connectivity index (χ3v) is 5.24. The fraction of sp³-hybridized carbons (Fsp3) is 0.174. The van der Waals surface area contributed by atoms with Crippen LogP contribution in [0.2, 0.25) is 0 Å². The second-order valence-corrected chi connectivity index (χ2v) is 7.53. The van der Waals surface area contributed by atoms with Gasteiger partial charge in [0.2, 0.25) is 17.7 Å². The van der Waals surface area contributed by atoms with E-state index in [0.717, 1.165) is 28.6 Å². The second-order valence-electron chi connectivity index (χ2n) is 7.53. The predicted octanol–water partition coefficient (Wildman–Crippen LogP) is 5.18. The Morgan fingerprint density at radius 3 is 2.67 bits per heavy atom. The SMILES string of the molecule is CCC(=O)Nc1cnc(Nc2cc([N+](=O)[O-])c(F)cc2C)nc1-n1cc(C)c2ccccc21. The Morgan fingerprint density at radius 1 is 1.18 bits per heavy atom. The molecule has 168 valence electrons. The van der Waals surface area contributed by atoms with Crippen LogP contribution in [-0.2, 0) is 4.79 Å². The molecule has 33 heavy (non-hydrogen) atoms. The minimum absolute atomic E-state index is 0.138. The van der Waals surface area contributed by atoms with Gasteiger partial charge < -0.3 is 10.6 Å². The molecule has 0 saturated heterocycles. The first-order chi connectivity index (χ1) is 15.8. The number of nitro benzene ring substituents is 1. The minimum Gasteiger partial charge on any atom is -0.324 e. The summed E-state index contributed by atoms with van der Waals surface area (Å²) in [6.45, 7) is 5.34. The maximum absolute atomic E-state index is 13.9. The molecule has 2 aromatic carbocycles. The Morgan fingerprint density at radius 2 is 1.94 bits per heavy atom. The first kappa shape index (κ1) is 21.9. The number of aromatic nitrogens is 3. The molecule has 0 radical (unpaired) electrons. The number of halogens is 1. The molecule has 0 aliphatic rings. The first-order valence-corrected chi connectivity index (χ1v) is 10.2. The Hall–Kier alpha value is -4.34. The van der Waals surface area contributed by atoms with Crippen molar-refractivity contribution in [3.8, 4) is 5.82 Å². The van der Waals surface area contributed by atoms with Gasteiger partial charge in [-0.1, -0.05) is 25.1 Å². The van der Waals surface area contributed by atoms with Gasteiger partial charge in [-0.15, -0.1) is 0 Å². The summed E-state index contributed by atoms with van der Waals surface area (Å²) in [5.41, 5.74) is 2.43. The summed E-state index contributed by atoms with van der Waals surface area (Å²) >= 11 is 0. The fourth-order valence-corrected chi connectivity index (χ4v) is 3.52. The van der Waals surface area contributed by atoms with Gasteiger partial charge in [-0.2, -0.15) is 9.37 Å². The summed E-state index contributed by atoms with van der Waals surface area (Å²) in [6.07, 6.45) is 3.66. The Balaban J connectivity index is 1.83. The van der Waals surface area contributed by atoms with Gasteiger partial charge in [-0.05, 0) is 37.1 Å². The molecule has 0 bridgehead atoms. The van der Waals surface area contributed by atoms with E-state index < -0.39 is 16.4 Å². The van der Waals surface area contributed by atoms with Crippen LogP contribution in [0.3, 0.4) is 0 Å². The monoisotopic (exact) mass is 448 g/mol. The number of amides is 1. The van der Waals surface area contributed by atoms with Crippen LogP contribution in [0.4, 0.5) is 27.4 Å². The largest absolute Gasteiger partial charge is 0.324 e. The zero-order valence-corrected chi connectivity index (χ0v) is 18.2. The summed E-state index contributed by atoms with van der Waals surface area (Å²) < 4.78 is 15.8. The highest BCUT2D eigenvalue weighted by Crippen LogP contribution is 2.30. The number of carbonyl (C=O) groups is 1. The van der Waals surface area contributed by atoms with E-state index in [1.165, 1.54) is 6.20 Å². The van der Waals surface area contributed by atoms with Gasteiger partial charge >= 0.3 is 5.69 Å². The number of benzene rings is 2. The number of nitrogens with zero attached hydrogens (tertiary/aromatic N) is 4. The lowest BCUT2D eigenvalue weighted by atomic mass is 10.1. The Bertz CT molecular complexity index is 1400. The normalized spacial score (nSPS) is 10.9. The average Bonchev–Trinajstić information content (AvgIpc) is 3.12. The molecule has 0 aliphatic heterocycles. The molecule has 2 heterocycles. The standard InChI is InChI=1S/C23H21FN6O3/c1-4-21(31)26-18-11-25-23(27-17-10-20(30(32)33)16(24)9-13(17)2)28-22(18)29-12-14(3)15-7-5-6-8-19(15)29/h5-12H,4H2,1-3H3,(H,26,31)(H,25,27,28). The molecule has 10 heteroatoms. The molecule has 4 aromatic rings. The minimum atomic E-state index is -0.920. The van der Waals surface area contributed by atoms with Crippen molar-refractivity contribution < 1.29 is 14.1 Å². The third-order valence-electron chi connectivity index (χ3n) is 5.24. The highest BCUT2D eigenvalue weighted by molar-refractivity contribution is 5.93. The number of nitrogens with one attached hydrogen (secondary N) is 2. The van der Waals surface area contributed by atoms with E-state index in [1.54, 1.807) is 13.8 Å². The van der Waals surface area contributed by atoms with Crippen LogP contribution in [-0.4, -0.2) is 25.4 Å². The summed E-state index contributed by atoms with van der Waals surface area (Å²) in [4.78, 5) is 31.3. The molecule has 0 spiro atoms. The van der Waals surface area contributed by atoms with E-state index in [2.05, 4.69) is 20.6 Å². The highest BCUT2D eigenvalue weighted by atomic mass is 19.1. The lowest BCUT2D eigenvalue weighted by Gasteiger charge is -2.14. The van der Waals surface area contributed by atoms with Gasteiger partial charge in [-0.3, -0.25) is 19.5 Å². The number of anilines is 3. The average molecular weight is 448 g/mol. The Kier molecular flexibility index (Phi) is 5.74. The van der Waals surface area contributed by atoms with Gasteiger partial charge in [0.1, 0.15) is 5.69 Å². The molecular weight excluding hydrogens is 427 g/mol. The lowest BCUT2D eigenvalue weighted by molar-refractivity contribution is -0.387. The van der Waals surface area contributed by atoms with Crippen molar-refractivity contribution >= 4 is 39.8 Å². The van der Waals surface area contributed by atoms with E-state index >= 15 is 0 Å². The van der Waals surface area contributed by atoms with Crippen LogP contribution in [0.25, 0.3) is 16.7 Å². The molecule has 0 unspecified atom stereocenters. The molecule has 0 saturated carbocycles. The topological polar surface area (TPSA) is 115 Å². The summed E-state index contributed by atoms with van der Waals surface area (Å²) in [5.74, 6) is -0.554. The number of fused-ring (bicyclic) bond motifs is 1. The smallest absolute Gasteiger partial charge is 0.306 e. The molecule has 0 atom stereocenters. The summed E-state index contributed by atoms with van der Waals surface area (Å²) in [6, 6.07) is 9.97. The maximum atomic E-state index is 13.9. The van der Waals surface area contributed by atoms with Gasteiger partial charge in [-0.25, -0.2) is 4.98 Å². The predicted molar refractivity (Wildman–Crippen MR) is 124 cm³/mol. The van der Waals surface area contributed by atoms with Gasteiger partial charge in [0, 0.05) is 24.1 Å². The molecule has 2 N–H and O–H groups in total. The van der Waals surface area contributed by atoms with Crippen molar-refractivity contribution in [3.05, 3.63) is 75.9 Å². The zero-order chi connectivity index (χ0) is 23.7. The highest BCUT2D eigenvalue weighted by Gasteiger charge is 2.19. The number of hydrogen-bond donors (Lipinski definition) is 2. The van der Waals surface area contributed by atoms with Gasteiger partial charge in [0.15, 0.2) is 5.82 Å². The zero-order valence-electron chi connectivity index (χ0n) is 18.2. The first-order valence-electron chi connectivity index (χ1n) is 10.2. The van der Waals surface area contributed by atoms with E-state index in [4.69, 9.17) is 0 Å². The second kappa shape index (κ2) is 8.65. The van der Waals surface area contributed by atoms with Crippen LogP contribution in [0, 0.1) is 29.8 Å². The van der Waals surface area contributed by atoms with Crippen molar-refractivity contribution in [2.75, 3.05) is 10.6 Å². The fourth-order valence-electron chi connectivity index (χ4n) is 3.52. The third kappa shape index (κ3) is 4.22. The molecule has 9 nitrogen and oxygen atoms in total. The Labute approximate surface area is 188 Å². The van der Waals surface area contributed by atoms with Gasteiger partial charge in [0.05, 0.1) is 22.3 Å². The number of nitro groups is 1. The molecule has 0 fully saturated rings. The van der Waals surface area contributed by atoms with E-state index in [1.807, 2.05) is 42.0 Å². The quantitative estimate of drug-likeness (QED) is 0.310. The van der Waals surface area contributed by atoms with Crippen LogP contribution in [0.5, 0.6) is 0 Å². The molecule has 2 aromatic heterocycles. The molecule has 1 amide bonds. The van der Waals surface area contributed by atoms with E-state index in [-0.39, 0.29) is 18.3 Å². The van der Waals surface area contributed by atoms with Crippen molar-refractivity contribution in [2.45, 2.75) is 27.2 Å². The summed E-state index contributed by atoms with van der Waals surface area (Å²) in [7, 11) is 0. The number of para-hydroxylation sites is 1. The van der Waals surface area contributed by atoms with Gasteiger partial charge in [0.25, 0.3) is 0 Å². The van der Waals surface area contributed by atoms with Crippen molar-refractivity contribution in [1.82, 2.24) is 14.5 Å². The van der Waals surface area contributed by atoms with Crippen molar-refractivity contribution in [3.63, 3.8) is 0 Å². The van der Waals surface area contributed by atoms with Crippen molar-refractivity contribution in [2.24, 2.45) is 0 Å². The van der Waals surface area contributed by atoms with Crippen molar-refractivity contribution in [1.29, 1.82) is 0 Å². The molecule has 4 rings (SSSR count).